The first-order valence-electron chi connectivity index (χ1n) is 3.31. The minimum absolute atomic E-state index is 0. The van der Waals surface area contributed by atoms with Gasteiger partial charge in [-0.05, 0) is 19.9 Å². The first-order chi connectivity index (χ1) is 4.74. The summed E-state index contributed by atoms with van der Waals surface area (Å²) in [4.78, 5) is 0. The second kappa shape index (κ2) is 4.62. The summed E-state index contributed by atoms with van der Waals surface area (Å²) >= 11 is 5.56. The van der Waals surface area contributed by atoms with Crippen molar-refractivity contribution in [2.24, 2.45) is 0 Å². The van der Waals surface area contributed by atoms with Crippen molar-refractivity contribution in [1.29, 1.82) is 0 Å². The van der Waals surface area contributed by atoms with Crippen molar-refractivity contribution in [1.82, 2.24) is 9.78 Å². The first-order valence-corrected chi connectivity index (χ1v) is 3.84. The molecule has 1 rings (SSSR count). The van der Waals surface area contributed by atoms with Crippen molar-refractivity contribution in [3.05, 3.63) is 17.5 Å². The first kappa shape index (κ1) is 10.8. The van der Waals surface area contributed by atoms with Crippen LogP contribution in [0.15, 0.2) is 6.07 Å². The molecule has 2 nitrogen and oxygen atoms in total. The van der Waals surface area contributed by atoms with Gasteiger partial charge in [-0.3, -0.25) is 4.68 Å². The SMILES string of the molecule is Cc1cc(C)n(CCCl)n1.Cl. The highest BCUT2D eigenvalue weighted by Crippen LogP contribution is 2.01. The monoisotopic (exact) mass is 194 g/mol. The lowest BCUT2D eigenvalue weighted by atomic mass is 10.4. The third-order valence-electron chi connectivity index (χ3n) is 1.40. The van der Waals surface area contributed by atoms with Gasteiger partial charge < -0.3 is 0 Å². The van der Waals surface area contributed by atoms with E-state index in [0.717, 1.165) is 12.2 Å². The number of nitrogens with zero attached hydrogens (tertiary/aromatic N) is 2. The van der Waals surface area contributed by atoms with Gasteiger partial charge in [0.1, 0.15) is 0 Å². The van der Waals surface area contributed by atoms with Gasteiger partial charge in [-0.2, -0.15) is 5.10 Å². The quantitative estimate of drug-likeness (QED) is 0.661. The molecular formula is C7H12Cl2N2. The van der Waals surface area contributed by atoms with E-state index in [1.54, 1.807) is 0 Å². The van der Waals surface area contributed by atoms with Gasteiger partial charge in [0.2, 0.25) is 0 Å². The third kappa shape index (κ3) is 2.72. The number of hydrogen-bond donors (Lipinski definition) is 0. The van der Waals surface area contributed by atoms with Crippen LogP contribution in [-0.2, 0) is 6.54 Å². The molecule has 0 saturated heterocycles. The van der Waals surface area contributed by atoms with Crippen molar-refractivity contribution in [2.75, 3.05) is 5.88 Å². The molecule has 0 radical (unpaired) electrons. The maximum atomic E-state index is 5.56. The standard InChI is InChI=1S/C7H11ClN2.ClH/c1-6-5-7(2)10(9-6)4-3-8;/h5H,3-4H2,1-2H3;1H. The van der Waals surface area contributed by atoms with Crippen LogP contribution in [0.2, 0.25) is 0 Å². The van der Waals surface area contributed by atoms with Crippen LogP contribution in [0.3, 0.4) is 0 Å². The molecule has 0 aliphatic rings. The Morgan fingerprint density at radius 2 is 2.18 bits per heavy atom. The molecule has 0 bridgehead atoms. The van der Waals surface area contributed by atoms with E-state index in [1.165, 1.54) is 5.69 Å². The van der Waals surface area contributed by atoms with E-state index in [-0.39, 0.29) is 12.4 Å². The molecule has 0 saturated carbocycles. The fourth-order valence-corrected chi connectivity index (χ4v) is 1.14. The van der Waals surface area contributed by atoms with E-state index in [2.05, 4.69) is 5.10 Å². The number of rotatable bonds is 2. The van der Waals surface area contributed by atoms with Crippen molar-refractivity contribution in [2.45, 2.75) is 20.4 Å². The van der Waals surface area contributed by atoms with Gasteiger partial charge in [0, 0.05) is 11.6 Å². The lowest BCUT2D eigenvalue weighted by Crippen LogP contribution is -2.02. The maximum absolute atomic E-state index is 5.56. The van der Waals surface area contributed by atoms with Crippen molar-refractivity contribution in [3.63, 3.8) is 0 Å². The van der Waals surface area contributed by atoms with Crippen LogP contribution in [-0.4, -0.2) is 15.7 Å². The molecule has 0 aromatic carbocycles. The largest absolute Gasteiger partial charge is 0.268 e. The Kier molecular flexibility index (Phi) is 4.54. The fraction of sp³-hybridized carbons (Fsp3) is 0.571. The van der Waals surface area contributed by atoms with Crippen LogP contribution >= 0.6 is 24.0 Å². The van der Waals surface area contributed by atoms with Crippen molar-refractivity contribution >= 4 is 24.0 Å². The van der Waals surface area contributed by atoms with Crippen LogP contribution in [0.25, 0.3) is 0 Å². The molecule has 0 fully saturated rings. The Morgan fingerprint density at radius 1 is 1.55 bits per heavy atom. The zero-order chi connectivity index (χ0) is 7.56. The van der Waals surface area contributed by atoms with Gasteiger partial charge in [-0.25, -0.2) is 0 Å². The smallest absolute Gasteiger partial charge is 0.0596 e. The molecule has 0 unspecified atom stereocenters. The number of aryl methyl sites for hydroxylation is 3. The highest BCUT2D eigenvalue weighted by molar-refractivity contribution is 6.17. The van der Waals surface area contributed by atoms with E-state index in [4.69, 9.17) is 11.6 Å². The van der Waals surface area contributed by atoms with E-state index in [9.17, 15) is 0 Å². The second-order valence-electron chi connectivity index (χ2n) is 2.34. The molecule has 0 aliphatic carbocycles. The summed E-state index contributed by atoms with van der Waals surface area (Å²) in [5, 5.41) is 4.23. The third-order valence-corrected chi connectivity index (χ3v) is 1.57. The Bertz CT molecular complexity index is 220. The van der Waals surface area contributed by atoms with Gasteiger partial charge in [-0.15, -0.1) is 24.0 Å². The van der Waals surface area contributed by atoms with Gasteiger partial charge in [-0.1, -0.05) is 0 Å². The molecule has 0 amide bonds. The molecule has 0 aliphatic heterocycles. The lowest BCUT2D eigenvalue weighted by Gasteiger charge is -1.98. The Hall–Kier alpha value is -0.210. The van der Waals surface area contributed by atoms with Crippen LogP contribution in [0.5, 0.6) is 0 Å². The van der Waals surface area contributed by atoms with E-state index < -0.39 is 0 Å². The highest BCUT2D eigenvalue weighted by atomic mass is 35.5. The summed E-state index contributed by atoms with van der Waals surface area (Å²) in [5.41, 5.74) is 2.24. The van der Waals surface area contributed by atoms with Gasteiger partial charge in [0.25, 0.3) is 0 Å². The summed E-state index contributed by atoms with van der Waals surface area (Å²) < 4.78 is 1.92. The Morgan fingerprint density at radius 3 is 2.55 bits per heavy atom. The zero-order valence-corrected chi connectivity index (χ0v) is 8.24. The molecule has 0 spiro atoms. The molecular weight excluding hydrogens is 183 g/mol. The fourth-order valence-electron chi connectivity index (χ4n) is 0.981. The normalized spacial score (nSPS) is 9.36. The average molecular weight is 195 g/mol. The molecule has 64 valence electrons. The molecule has 1 aromatic heterocycles. The zero-order valence-electron chi connectivity index (χ0n) is 6.67. The molecule has 0 N–H and O–H groups in total. The topological polar surface area (TPSA) is 17.8 Å². The Labute approximate surface area is 78.0 Å². The lowest BCUT2D eigenvalue weighted by molar-refractivity contribution is 0.638. The van der Waals surface area contributed by atoms with Gasteiger partial charge >= 0.3 is 0 Å². The minimum atomic E-state index is 0. The molecule has 1 heterocycles. The maximum Gasteiger partial charge on any atom is 0.0596 e. The van der Waals surface area contributed by atoms with E-state index >= 15 is 0 Å². The van der Waals surface area contributed by atoms with Crippen LogP contribution < -0.4 is 0 Å². The molecule has 1 aromatic rings. The summed E-state index contributed by atoms with van der Waals surface area (Å²) in [5.74, 6) is 0.627. The van der Waals surface area contributed by atoms with Gasteiger partial charge in [0.05, 0.1) is 12.2 Å². The highest BCUT2D eigenvalue weighted by Gasteiger charge is 1.97. The number of aromatic nitrogens is 2. The summed E-state index contributed by atoms with van der Waals surface area (Å²) in [6.45, 7) is 4.82. The van der Waals surface area contributed by atoms with Gasteiger partial charge in [0.15, 0.2) is 0 Å². The molecule has 4 heteroatoms. The number of halogens is 2. The summed E-state index contributed by atoms with van der Waals surface area (Å²) in [6.07, 6.45) is 0. The predicted molar refractivity (Wildman–Crippen MR) is 49.7 cm³/mol. The van der Waals surface area contributed by atoms with Crippen LogP contribution in [0.4, 0.5) is 0 Å². The molecule has 0 atom stereocenters. The van der Waals surface area contributed by atoms with Crippen LogP contribution in [0.1, 0.15) is 11.4 Å². The van der Waals surface area contributed by atoms with Crippen LogP contribution in [0, 0.1) is 13.8 Å². The van der Waals surface area contributed by atoms with Crippen molar-refractivity contribution < 1.29 is 0 Å². The number of hydrogen-bond acceptors (Lipinski definition) is 1. The van der Waals surface area contributed by atoms with E-state index in [1.807, 2.05) is 24.6 Å². The molecule has 11 heavy (non-hydrogen) atoms. The number of alkyl halides is 1. The summed E-state index contributed by atoms with van der Waals surface area (Å²) in [6, 6.07) is 2.05. The second-order valence-corrected chi connectivity index (χ2v) is 2.72. The predicted octanol–water partition coefficient (Wildman–Crippen LogP) is 2.16. The van der Waals surface area contributed by atoms with E-state index in [0.29, 0.717) is 5.88 Å². The minimum Gasteiger partial charge on any atom is -0.268 e. The Balaban J connectivity index is 0.000001000. The average Bonchev–Trinajstić information content (AvgIpc) is 2.13. The summed E-state index contributed by atoms with van der Waals surface area (Å²) in [7, 11) is 0. The van der Waals surface area contributed by atoms with Crippen molar-refractivity contribution in [3.8, 4) is 0 Å².